The fourth-order valence-electron chi connectivity index (χ4n) is 2.38. The molecule has 2 rings (SSSR count). The molecule has 0 saturated carbocycles. The van der Waals surface area contributed by atoms with Crippen molar-refractivity contribution in [2.45, 2.75) is 26.7 Å². The van der Waals surface area contributed by atoms with E-state index in [9.17, 15) is 8.42 Å². The molecule has 0 N–H and O–H groups in total. The quantitative estimate of drug-likeness (QED) is 0.785. The maximum absolute atomic E-state index is 11.9. The molecule has 0 bridgehead atoms. The molecule has 1 aliphatic rings. The lowest BCUT2D eigenvalue weighted by Gasteiger charge is -2.35. The summed E-state index contributed by atoms with van der Waals surface area (Å²) in [6.07, 6.45) is 1.75. The molecule has 1 aromatic heterocycles. The molecule has 1 aromatic rings. The van der Waals surface area contributed by atoms with E-state index in [1.165, 1.54) is 0 Å². The average molecular weight is 333 g/mol. The van der Waals surface area contributed by atoms with Gasteiger partial charge in [0, 0.05) is 37.9 Å². The Balaban J connectivity index is 2.18. The van der Waals surface area contributed by atoms with Gasteiger partial charge in [-0.25, -0.2) is 18.4 Å². The van der Waals surface area contributed by atoms with Gasteiger partial charge in [-0.2, -0.15) is 4.31 Å². The Morgan fingerprint density at radius 2 is 1.90 bits per heavy atom. The molecule has 6 nitrogen and oxygen atoms in total. The highest BCUT2D eigenvalue weighted by atomic mass is 35.5. The van der Waals surface area contributed by atoms with Crippen molar-refractivity contribution in [2.75, 3.05) is 36.8 Å². The molecule has 2 heterocycles. The number of hydrogen-bond acceptors (Lipinski definition) is 5. The number of halogens is 1. The lowest BCUT2D eigenvalue weighted by atomic mass is 10.1. The molecule has 118 valence electrons. The maximum Gasteiger partial charge on any atom is 0.224 e. The van der Waals surface area contributed by atoms with Gasteiger partial charge in [-0.15, -0.1) is 0 Å². The largest absolute Gasteiger partial charge is 0.354 e. The fourth-order valence-corrected chi connectivity index (χ4v) is 3.60. The monoisotopic (exact) mass is 332 g/mol. The first kappa shape index (κ1) is 16.5. The van der Waals surface area contributed by atoms with E-state index < -0.39 is 10.0 Å². The summed E-state index contributed by atoms with van der Waals surface area (Å²) in [6.45, 7) is 8.02. The molecule has 1 fully saturated rings. The summed E-state index contributed by atoms with van der Waals surface area (Å²) < 4.78 is 25.3. The molecule has 1 aliphatic heterocycles. The van der Waals surface area contributed by atoms with Gasteiger partial charge in [-0.1, -0.05) is 13.8 Å². The van der Waals surface area contributed by atoms with Crippen molar-refractivity contribution >= 4 is 27.4 Å². The molecule has 21 heavy (non-hydrogen) atoms. The molecular weight excluding hydrogens is 312 g/mol. The van der Waals surface area contributed by atoms with Crippen molar-refractivity contribution in [3.8, 4) is 0 Å². The highest BCUT2D eigenvalue weighted by Gasteiger charge is 2.27. The standard InChI is InChI=1S/C13H21ClN4O2S/c1-4-21(19,20)18-7-5-17(6-8-18)12-11(10(2)3)9-15-13(14)16-12/h9-10H,4-8H2,1-3H3. The molecule has 0 aromatic carbocycles. The first-order valence-corrected chi connectivity index (χ1v) is 9.09. The summed E-state index contributed by atoms with van der Waals surface area (Å²) in [5.74, 6) is 1.25. The Morgan fingerprint density at radius 3 is 2.43 bits per heavy atom. The first-order valence-electron chi connectivity index (χ1n) is 7.10. The first-order chi connectivity index (χ1) is 9.85. The Hall–Kier alpha value is -0.920. The summed E-state index contributed by atoms with van der Waals surface area (Å²) in [6, 6.07) is 0. The molecule has 0 atom stereocenters. The molecule has 0 spiro atoms. The van der Waals surface area contributed by atoms with Gasteiger partial charge in [0.05, 0.1) is 5.75 Å². The van der Waals surface area contributed by atoms with Gasteiger partial charge in [0.15, 0.2) is 0 Å². The Kier molecular flexibility index (Phi) is 5.06. The number of sulfonamides is 1. The zero-order valence-electron chi connectivity index (χ0n) is 12.6. The second kappa shape index (κ2) is 6.46. The highest BCUT2D eigenvalue weighted by molar-refractivity contribution is 7.89. The number of aromatic nitrogens is 2. The van der Waals surface area contributed by atoms with Crippen molar-refractivity contribution in [1.82, 2.24) is 14.3 Å². The minimum Gasteiger partial charge on any atom is -0.354 e. The molecular formula is C13H21ClN4O2S. The average Bonchev–Trinajstić information content (AvgIpc) is 2.47. The van der Waals surface area contributed by atoms with Crippen LogP contribution in [0.5, 0.6) is 0 Å². The molecule has 8 heteroatoms. The van der Waals surface area contributed by atoms with Gasteiger partial charge in [-0.05, 0) is 24.4 Å². The Labute approximate surface area is 131 Å². The van der Waals surface area contributed by atoms with E-state index >= 15 is 0 Å². The lowest BCUT2D eigenvalue weighted by Crippen LogP contribution is -2.49. The number of hydrogen-bond donors (Lipinski definition) is 0. The molecule has 1 saturated heterocycles. The van der Waals surface area contributed by atoms with Crippen LogP contribution in [0.25, 0.3) is 0 Å². The van der Waals surface area contributed by atoms with Gasteiger partial charge >= 0.3 is 0 Å². The fraction of sp³-hybridized carbons (Fsp3) is 0.692. The number of rotatable bonds is 4. The van der Waals surface area contributed by atoms with E-state index in [-0.39, 0.29) is 17.0 Å². The van der Waals surface area contributed by atoms with Crippen LogP contribution in [0.15, 0.2) is 6.20 Å². The van der Waals surface area contributed by atoms with Gasteiger partial charge in [0.1, 0.15) is 5.82 Å². The lowest BCUT2D eigenvalue weighted by molar-refractivity contribution is 0.384. The molecule has 0 unspecified atom stereocenters. The van der Waals surface area contributed by atoms with E-state index in [4.69, 9.17) is 11.6 Å². The van der Waals surface area contributed by atoms with Gasteiger partial charge in [-0.3, -0.25) is 0 Å². The topological polar surface area (TPSA) is 66.4 Å². The second-order valence-corrected chi connectivity index (χ2v) is 7.95. The predicted molar refractivity (Wildman–Crippen MR) is 84.4 cm³/mol. The summed E-state index contributed by atoms with van der Waals surface area (Å²) in [7, 11) is -3.11. The van der Waals surface area contributed by atoms with Crippen molar-refractivity contribution < 1.29 is 8.42 Å². The van der Waals surface area contributed by atoms with Crippen molar-refractivity contribution in [1.29, 1.82) is 0 Å². The summed E-state index contributed by atoms with van der Waals surface area (Å²) >= 11 is 5.91. The Bertz CT molecular complexity index is 598. The second-order valence-electron chi connectivity index (χ2n) is 5.36. The Morgan fingerprint density at radius 1 is 1.29 bits per heavy atom. The van der Waals surface area contributed by atoms with E-state index in [0.29, 0.717) is 26.2 Å². The number of piperazine rings is 1. The van der Waals surface area contributed by atoms with Crippen molar-refractivity contribution in [2.24, 2.45) is 0 Å². The minimum absolute atomic E-state index is 0.142. The predicted octanol–water partition coefficient (Wildman–Crippen LogP) is 1.73. The molecule has 0 aliphatic carbocycles. The van der Waals surface area contributed by atoms with Crippen LogP contribution >= 0.6 is 11.6 Å². The zero-order chi connectivity index (χ0) is 15.6. The van der Waals surface area contributed by atoms with E-state index in [1.807, 2.05) is 0 Å². The summed E-state index contributed by atoms with van der Waals surface area (Å²) in [4.78, 5) is 10.5. The van der Waals surface area contributed by atoms with Crippen LogP contribution in [0, 0.1) is 0 Å². The van der Waals surface area contributed by atoms with E-state index in [2.05, 4.69) is 28.7 Å². The summed E-state index contributed by atoms with van der Waals surface area (Å²) in [5.41, 5.74) is 1.03. The summed E-state index contributed by atoms with van der Waals surface area (Å²) in [5, 5.41) is 0.220. The van der Waals surface area contributed by atoms with Gasteiger partial charge in [0.25, 0.3) is 0 Å². The van der Waals surface area contributed by atoms with Crippen molar-refractivity contribution in [3.05, 3.63) is 17.0 Å². The molecule has 0 amide bonds. The smallest absolute Gasteiger partial charge is 0.224 e. The van der Waals surface area contributed by atoms with Crippen LogP contribution in [0.1, 0.15) is 32.3 Å². The third-order valence-electron chi connectivity index (χ3n) is 3.68. The van der Waals surface area contributed by atoms with Crippen LogP contribution in [0.3, 0.4) is 0 Å². The van der Waals surface area contributed by atoms with Gasteiger partial charge < -0.3 is 4.90 Å². The van der Waals surface area contributed by atoms with Gasteiger partial charge in [0.2, 0.25) is 15.3 Å². The SMILES string of the molecule is CCS(=O)(=O)N1CCN(c2nc(Cl)ncc2C(C)C)CC1. The zero-order valence-corrected chi connectivity index (χ0v) is 14.2. The van der Waals surface area contributed by atoms with E-state index in [0.717, 1.165) is 11.4 Å². The highest BCUT2D eigenvalue weighted by Crippen LogP contribution is 2.27. The van der Waals surface area contributed by atoms with Crippen LogP contribution in [-0.4, -0.2) is 54.6 Å². The third-order valence-corrected chi connectivity index (χ3v) is 5.75. The van der Waals surface area contributed by atoms with Crippen molar-refractivity contribution in [3.63, 3.8) is 0 Å². The normalized spacial score (nSPS) is 17.5. The van der Waals surface area contributed by atoms with Crippen LogP contribution in [0.2, 0.25) is 5.28 Å². The van der Waals surface area contributed by atoms with E-state index in [1.54, 1.807) is 17.4 Å². The third kappa shape index (κ3) is 3.64. The van der Waals surface area contributed by atoms with Crippen LogP contribution in [-0.2, 0) is 10.0 Å². The van der Waals surface area contributed by atoms with Crippen LogP contribution in [0.4, 0.5) is 5.82 Å². The molecule has 0 radical (unpaired) electrons. The maximum atomic E-state index is 11.9. The number of nitrogens with zero attached hydrogens (tertiary/aromatic N) is 4. The van der Waals surface area contributed by atoms with Crippen LogP contribution < -0.4 is 4.90 Å². The minimum atomic E-state index is -3.11. The number of anilines is 1.